The van der Waals surface area contributed by atoms with Crippen LogP contribution in [-0.2, 0) is 27.8 Å². The third-order valence-corrected chi connectivity index (χ3v) is 3.60. The molecule has 1 amide bonds. The van der Waals surface area contributed by atoms with Gasteiger partial charge in [0, 0.05) is 31.3 Å². The fraction of sp³-hybridized carbons (Fsp3) is 0.667. The average molecular weight is 295 g/mol. The van der Waals surface area contributed by atoms with Crippen LogP contribution in [0.5, 0.6) is 0 Å². The molecule has 0 aliphatic carbocycles. The molecule has 21 heavy (non-hydrogen) atoms. The van der Waals surface area contributed by atoms with Crippen LogP contribution >= 0.6 is 0 Å². The molecule has 0 fully saturated rings. The maximum Gasteiger partial charge on any atom is 0.305 e. The van der Waals surface area contributed by atoms with Gasteiger partial charge >= 0.3 is 5.97 Å². The van der Waals surface area contributed by atoms with E-state index >= 15 is 0 Å². The van der Waals surface area contributed by atoms with Crippen molar-refractivity contribution in [3.05, 3.63) is 17.0 Å². The summed E-state index contributed by atoms with van der Waals surface area (Å²) in [5, 5.41) is 7.21. The average Bonchev–Trinajstić information content (AvgIpc) is 2.68. The first-order chi connectivity index (χ1) is 9.95. The van der Waals surface area contributed by atoms with E-state index in [1.165, 1.54) is 7.11 Å². The maximum atomic E-state index is 11.9. The van der Waals surface area contributed by atoms with Crippen molar-refractivity contribution < 1.29 is 14.3 Å². The minimum atomic E-state index is -0.179. The lowest BCUT2D eigenvalue weighted by atomic mass is 10.1. The number of aryl methyl sites for hydroxylation is 2. The van der Waals surface area contributed by atoms with Gasteiger partial charge in [-0.2, -0.15) is 5.10 Å². The van der Waals surface area contributed by atoms with E-state index in [0.29, 0.717) is 19.4 Å². The Bertz CT molecular complexity index is 495. The molecule has 0 saturated carbocycles. The Morgan fingerprint density at radius 3 is 2.52 bits per heavy atom. The highest BCUT2D eigenvalue weighted by molar-refractivity contribution is 5.79. The summed E-state index contributed by atoms with van der Waals surface area (Å²) in [5.74, 6) is -0.163. The molecule has 6 nitrogen and oxygen atoms in total. The molecule has 1 heterocycles. The van der Waals surface area contributed by atoms with Gasteiger partial charge in [0.25, 0.3) is 0 Å². The lowest BCUT2D eigenvalue weighted by molar-refractivity contribution is -0.140. The molecule has 0 aliphatic rings. The zero-order valence-corrected chi connectivity index (χ0v) is 13.4. The Morgan fingerprint density at radius 1 is 1.24 bits per heavy atom. The van der Waals surface area contributed by atoms with Gasteiger partial charge in [-0.15, -0.1) is 0 Å². The van der Waals surface area contributed by atoms with Gasteiger partial charge in [0.2, 0.25) is 5.91 Å². The van der Waals surface area contributed by atoms with Gasteiger partial charge < -0.3 is 10.1 Å². The number of rotatable bonds is 8. The summed E-state index contributed by atoms with van der Waals surface area (Å²) in [4.78, 5) is 22.8. The Labute approximate surface area is 125 Å². The van der Waals surface area contributed by atoms with Crippen LogP contribution in [-0.4, -0.2) is 35.3 Å². The summed E-state index contributed by atoms with van der Waals surface area (Å²) in [6, 6.07) is 0. The normalized spacial score (nSPS) is 10.5. The summed E-state index contributed by atoms with van der Waals surface area (Å²) in [5.41, 5.74) is 2.93. The topological polar surface area (TPSA) is 73.2 Å². The largest absolute Gasteiger partial charge is 0.469 e. The predicted octanol–water partition coefficient (Wildman–Crippen LogP) is 1.43. The van der Waals surface area contributed by atoms with Crippen LogP contribution in [0, 0.1) is 13.8 Å². The highest BCUT2D eigenvalue weighted by Gasteiger charge is 2.12. The van der Waals surface area contributed by atoms with Crippen LogP contribution in [0.4, 0.5) is 0 Å². The molecule has 0 aromatic carbocycles. The first-order valence-corrected chi connectivity index (χ1v) is 7.28. The number of esters is 1. The molecule has 1 rings (SSSR count). The Kier molecular flexibility index (Phi) is 6.91. The van der Waals surface area contributed by atoms with Gasteiger partial charge in [-0.25, -0.2) is 0 Å². The first-order valence-electron chi connectivity index (χ1n) is 7.28. The number of hydrogen-bond acceptors (Lipinski definition) is 4. The number of nitrogens with zero attached hydrogens (tertiary/aromatic N) is 2. The van der Waals surface area contributed by atoms with E-state index in [4.69, 9.17) is 0 Å². The van der Waals surface area contributed by atoms with Crippen LogP contribution in [0.15, 0.2) is 0 Å². The Hall–Kier alpha value is -1.85. The number of unbranched alkanes of at least 4 members (excludes halogenated alkanes) is 2. The smallest absolute Gasteiger partial charge is 0.305 e. The zero-order valence-electron chi connectivity index (χ0n) is 13.4. The van der Waals surface area contributed by atoms with E-state index in [1.807, 2.05) is 20.9 Å². The van der Waals surface area contributed by atoms with Gasteiger partial charge in [0.1, 0.15) is 0 Å². The van der Waals surface area contributed by atoms with Crippen molar-refractivity contribution in [3.8, 4) is 0 Å². The van der Waals surface area contributed by atoms with Gasteiger partial charge in [0.05, 0.1) is 19.2 Å². The molecule has 118 valence electrons. The molecule has 0 bridgehead atoms. The van der Waals surface area contributed by atoms with Gasteiger partial charge in [0.15, 0.2) is 0 Å². The lowest BCUT2D eigenvalue weighted by Gasteiger charge is -2.06. The molecule has 1 aromatic heterocycles. The standard InChI is InChI=1S/C15H25N3O3/c1-11-13(12(2)18(3)17-11)10-14(19)16-9-7-5-6-8-15(20)21-4/h5-10H2,1-4H3,(H,16,19). The van der Waals surface area contributed by atoms with E-state index < -0.39 is 0 Å². The summed E-state index contributed by atoms with van der Waals surface area (Å²) in [6.45, 7) is 4.52. The molecule has 0 radical (unpaired) electrons. The number of aromatic nitrogens is 2. The lowest BCUT2D eigenvalue weighted by Crippen LogP contribution is -2.26. The van der Waals surface area contributed by atoms with E-state index in [1.54, 1.807) is 4.68 Å². The van der Waals surface area contributed by atoms with Crippen LogP contribution in [0.1, 0.15) is 42.6 Å². The molecule has 0 aliphatic heterocycles. The number of ether oxygens (including phenoxy) is 1. The highest BCUT2D eigenvalue weighted by Crippen LogP contribution is 2.12. The van der Waals surface area contributed by atoms with Crippen molar-refractivity contribution >= 4 is 11.9 Å². The molecule has 0 spiro atoms. The van der Waals surface area contributed by atoms with Crippen molar-refractivity contribution in [2.45, 2.75) is 46.0 Å². The van der Waals surface area contributed by atoms with Crippen LogP contribution in [0.2, 0.25) is 0 Å². The summed E-state index contributed by atoms with van der Waals surface area (Å²) in [6.07, 6.45) is 3.38. The summed E-state index contributed by atoms with van der Waals surface area (Å²) >= 11 is 0. The van der Waals surface area contributed by atoms with Gasteiger partial charge in [-0.05, 0) is 26.7 Å². The van der Waals surface area contributed by atoms with E-state index in [-0.39, 0.29) is 11.9 Å². The van der Waals surface area contributed by atoms with Crippen LogP contribution in [0.25, 0.3) is 0 Å². The van der Waals surface area contributed by atoms with Crippen molar-refractivity contribution in [2.24, 2.45) is 7.05 Å². The minimum absolute atomic E-state index is 0.0159. The van der Waals surface area contributed by atoms with E-state index in [2.05, 4.69) is 15.2 Å². The van der Waals surface area contributed by atoms with Crippen LogP contribution < -0.4 is 5.32 Å². The second-order valence-corrected chi connectivity index (χ2v) is 5.19. The molecule has 1 N–H and O–H groups in total. The van der Waals surface area contributed by atoms with Gasteiger partial charge in [-0.3, -0.25) is 14.3 Å². The minimum Gasteiger partial charge on any atom is -0.469 e. The number of carbonyl (C=O) groups is 2. The highest BCUT2D eigenvalue weighted by atomic mass is 16.5. The summed E-state index contributed by atoms with van der Waals surface area (Å²) in [7, 11) is 3.27. The molecule has 0 saturated heterocycles. The van der Waals surface area contributed by atoms with Gasteiger partial charge in [-0.1, -0.05) is 6.42 Å². The SMILES string of the molecule is COC(=O)CCCCCNC(=O)Cc1c(C)nn(C)c1C. The van der Waals surface area contributed by atoms with E-state index in [0.717, 1.165) is 36.2 Å². The third kappa shape index (κ3) is 5.57. The molecular formula is C15H25N3O3. The first kappa shape index (κ1) is 17.2. The number of methoxy groups -OCH3 is 1. The fourth-order valence-electron chi connectivity index (χ4n) is 2.20. The second-order valence-electron chi connectivity index (χ2n) is 5.19. The maximum absolute atomic E-state index is 11.9. The quantitative estimate of drug-likeness (QED) is 0.581. The molecule has 1 aromatic rings. The number of carbonyl (C=O) groups excluding carboxylic acids is 2. The van der Waals surface area contributed by atoms with Crippen molar-refractivity contribution in [2.75, 3.05) is 13.7 Å². The fourth-order valence-corrected chi connectivity index (χ4v) is 2.20. The number of hydrogen-bond donors (Lipinski definition) is 1. The van der Waals surface area contributed by atoms with Crippen molar-refractivity contribution in [1.82, 2.24) is 15.1 Å². The van der Waals surface area contributed by atoms with Crippen molar-refractivity contribution in [3.63, 3.8) is 0 Å². The number of nitrogens with one attached hydrogen (secondary N) is 1. The summed E-state index contributed by atoms with van der Waals surface area (Å²) < 4.78 is 6.37. The Morgan fingerprint density at radius 2 is 1.95 bits per heavy atom. The molecule has 0 atom stereocenters. The molecular weight excluding hydrogens is 270 g/mol. The zero-order chi connectivity index (χ0) is 15.8. The third-order valence-electron chi connectivity index (χ3n) is 3.60. The Balaban J connectivity index is 2.21. The molecule has 0 unspecified atom stereocenters. The van der Waals surface area contributed by atoms with Crippen LogP contribution in [0.3, 0.4) is 0 Å². The predicted molar refractivity (Wildman–Crippen MR) is 79.9 cm³/mol. The monoisotopic (exact) mass is 295 g/mol. The van der Waals surface area contributed by atoms with Crippen molar-refractivity contribution in [1.29, 1.82) is 0 Å². The second kappa shape index (κ2) is 8.44. The van der Waals surface area contributed by atoms with E-state index in [9.17, 15) is 9.59 Å². The number of amides is 1. The molecule has 6 heteroatoms.